The lowest BCUT2D eigenvalue weighted by molar-refractivity contribution is 0.332. The molecule has 0 spiro atoms. The minimum absolute atomic E-state index is 0.278. The molecule has 130 valence electrons. The van der Waals surface area contributed by atoms with Crippen molar-refractivity contribution in [1.29, 1.82) is 0 Å². The van der Waals surface area contributed by atoms with Crippen LogP contribution in [0, 0.1) is 6.92 Å². The molecule has 0 N–H and O–H groups in total. The van der Waals surface area contributed by atoms with E-state index in [1.165, 1.54) is 15.6 Å². The van der Waals surface area contributed by atoms with Crippen molar-refractivity contribution in [2.45, 2.75) is 30.7 Å². The number of hydrogen-bond acceptors (Lipinski definition) is 7. The van der Waals surface area contributed by atoms with E-state index in [0.717, 1.165) is 17.0 Å². The molecule has 0 aliphatic carbocycles. The van der Waals surface area contributed by atoms with Gasteiger partial charge < -0.3 is 4.42 Å². The van der Waals surface area contributed by atoms with Gasteiger partial charge in [0.2, 0.25) is 15.9 Å². The molecule has 0 saturated carbocycles. The van der Waals surface area contributed by atoms with Gasteiger partial charge in [0.1, 0.15) is 10.9 Å². The highest BCUT2D eigenvalue weighted by molar-refractivity contribution is 7.89. The van der Waals surface area contributed by atoms with Crippen molar-refractivity contribution in [3.63, 3.8) is 0 Å². The van der Waals surface area contributed by atoms with Crippen LogP contribution in [0.3, 0.4) is 0 Å². The number of hydrogen-bond donors (Lipinski definition) is 0. The summed E-state index contributed by atoms with van der Waals surface area (Å²) in [7, 11) is -3.59. The molecule has 0 amide bonds. The zero-order valence-corrected chi connectivity index (χ0v) is 15.1. The molecule has 25 heavy (non-hydrogen) atoms. The second-order valence-electron chi connectivity index (χ2n) is 5.80. The molecule has 1 fully saturated rings. The van der Waals surface area contributed by atoms with Crippen molar-refractivity contribution >= 4 is 21.4 Å². The summed E-state index contributed by atoms with van der Waals surface area (Å²) in [6, 6.07) is 8.00. The lowest BCUT2D eigenvalue weighted by Crippen LogP contribution is -2.30. The smallest absolute Gasteiger partial charge is 0.259 e. The lowest BCUT2D eigenvalue weighted by Gasteiger charge is -2.21. The molecule has 0 bridgehead atoms. The zero-order valence-electron chi connectivity index (χ0n) is 13.5. The van der Waals surface area contributed by atoms with Gasteiger partial charge in [-0.25, -0.2) is 13.4 Å². The highest BCUT2D eigenvalue weighted by atomic mass is 32.2. The van der Waals surface area contributed by atoms with Gasteiger partial charge in [-0.15, -0.1) is 21.5 Å². The fourth-order valence-corrected chi connectivity index (χ4v) is 5.37. The Balaban J connectivity index is 1.67. The Bertz CT molecular complexity index is 982. The van der Waals surface area contributed by atoms with E-state index in [-0.39, 0.29) is 4.90 Å². The summed E-state index contributed by atoms with van der Waals surface area (Å²) < 4.78 is 33.1. The van der Waals surface area contributed by atoms with Crippen LogP contribution in [0.2, 0.25) is 0 Å². The average molecular weight is 376 g/mol. The van der Waals surface area contributed by atoms with Gasteiger partial charge in [0.05, 0.1) is 16.1 Å². The van der Waals surface area contributed by atoms with Crippen molar-refractivity contribution in [1.82, 2.24) is 19.5 Å². The van der Waals surface area contributed by atoms with Crippen LogP contribution in [-0.4, -0.2) is 34.4 Å². The van der Waals surface area contributed by atoms with Gasteiger partial charge in [-0.05, 0) is 31.9 Å². The second-order valence-corrected chi connectivity index (χ2v) is 8.54. The molecule has 1 aliphatic rings. The van der Waals surface area contributed by atoms with E-state index in [9.17, 15) is 8.42 Å². The van der Waals surface area contributed by atoms with Gasteiger partial charge >= 0.3 is 0 Å². The summed E-state index contributed by atoms with van der Waals surface area (Å²) in [5.74, 6) is 0.721. The summed E-state index contributed by atoms with van der Waals surface area (Å²) in [5.41, 5.74) is 2.54. The van der Waals surface area contributed by atoms with Gasteiger partial charge in [-0.2, -0.15) is 4.31 Å². The van der Waals surface area contributed by atoms with Crippen LogP contribution < -0.4 is 0 Å². The summed E-state index contributed by atoms with van der Waals surface area (Å²) in [5, 5.41) is 8.19. The standard InChI is InChI=1S/C16H16N4O3S2/c1-11-14(24-10-17-11)16-19-18-15(23-16)13-8-5-9-20(13)25(21,22)12-6-3-2-4-7-12/h2-4,6-7,10,13H,5,8-9H2,1H3. The fourth-order valence-electron chi connectivity index (χ4n) is 2.97. The Morgan fingerprint density at radius 3 is 2.76 bits per heavy atom. The van der Waals surface area contributed by atoms with Gasteiger partial charge in [-0.1, -0.05) is 18.2 Å². The Morgan fingerprint density at radius 1 is 1.24 bits per heavy atom. The minimum atomic E-state index is -3.59. The first kappa shape index (κ1) is 16.4. The summed E-state index contributed by atoms with van der Waals surface area (Å²) in [6.45, 7) is 2.32. The van der Waals surface area contributed by atoms with E-state index >= 15 is 0 Å². The Labute approximate surface area is 149 Å². The van der Waals surface area contributed by atoms with Gasteiger partial charge in [0.15, 0.2) is 0 Å². The van der Waals surface area contributed by atoms with Gasteiger partial charge in [-0.3, -0.25) is 0 Å². The molecule has 4 rings (SSSR count). The van der Waals surface area contributed by atoms with Crippen molar-refractivity contribution in [3.05, 3.63) is 47.4 Å². The minimum Gasteiger partial charge on any atom is -0.418 e. The van der Waals surface area contributed by atoms with Gasteiger partial charge in [0.25, 0.3) is 5.89 Å². The molecule has 1 unspecified atom stereocenters. The summed E-state index contributed by atoms with van der Waals surface area (Å²) in [4.78, 5) is 5.27. The lowest BCUT2D eigenvalue weighted by atomic mass is 10.2. The molecular formula is C16H16N4O3S2. The number of benzene rings is 1. The molecule has 1 aromatic carbocycles. The quantitative estimate of drug-likeness (QED) is 0.695. The first-order valence-electron chi connectivity index (χ1n) is 7.88. The normalized spacial score (nSPS) is 18.7. The van der Waals surface area contributed by atoms with E-state index < -0.39 is 16.1 Å². The Hall–Kier alpha value is -2.10. The van der Waals surface area contributed by atoms with Crippen LogP contribution in [-0.2, 0) is 10.0 Å². The number of rotatable bonds is 4. The number of nitrogens with zero attached hydrogens (tertiary/aromatic N) is 4. The van der Waals surface area contributed by atoms with Crippen molar-refractivity contribution in [3.8, 4) is 10.8 Å². The molecule has 7 nitrogen and oxygen atoms in total. The molecule has 1 atom stereocenters. The number of aromatic nitrogens is 3. The third-order valence-electron chi connectivity index (χ3n) is 4.22. The first-order chi connectivity index (χ1) is 12.1. The van der Waals surface area contributed by atoms with Crippen LogP contribution in [0.15, 0.2) is 45.2 Å². The fraction of sp³-hybridized carbons (Fsp3) is 0.312. The SMILES string of the molecule is Cc1ncsc1-c1nnc(C2CCCN2S(=O)(=O)c2ccccc2)o1. The molecule has 1 saturated heterocycles. The van der Waals surface area contributed by atoms with Crippen LogP contribution in [0.1, 0.15) is 30.5 Å². The molecule has 3 heterocycles. The van der Waals surface area contributed by atoms with E-state index in [1.54, 1.807) is 35.8 Å². The van der Waals surface area contributed by atoms with Crippen LogP contribution >= 0.6 is 11.3 Å². The van der Waals surface area contributed by atoms with Gasteiger partial charge in [0, 0.05) is 6.54 Å². The largest absolute Gasteiger partial charge is 0.418 e. The van der Waals surface area contributed by atoms with Crippen molar-refractivity contribution in [2.24, 2.45) is 0 Å². The number of sulfonamides is 1. The first-order valence-corrected chi connectivity index (χ1v) is 10.2. The van der Waals surface area contributed by atoms with Crippen molar-refractivity contribution in [2.75, 3.05) is 6.54 Å². The second kappa shape index (κ2) is 6.32. The predicted molar refractivity (Wildman–Crippen MR) is 92.5 cm³/mol. The topological polar surface area (TPSA) is 89.2 Å². The van der Waals surface area contributed by atoms with E-state index in [4.69, 9.17) is 4.42 Å². The maximum Gasteiger partial charge on any atom is 0.259 e. The summed E-state index contributed by atoms with van der Waals surface area (Å²) in [6.07, 6.45) is 1.42. The highest BCUT2D eigenvalue weighted by Crippen LogP contribution is 2.37. The average Bonchev–Trinajstić information content (AvgIpc) is 3.35. The molecule has 0 radical (unpaired) electrons. The molecule has 2 aromatic heterocycles. The molecular weight excluding hydrogens is 360 g/mol. The molecule has 1 aliphatic heterocycles. The Kier molecular flexibility index (Phi) is 4.14. The molecule has 9 heteroatoms. The van der Waals surface area contributed by atoms with Crippen LogP contribution in [0.4, 0.5) is 0 Å². The van der Waals surface area contributed by atoms with E-state index in [1.807, 2.05) is 6.92 Å². The monoisotopic (exact) mass is 376 g/mol. The van der Waals surface area contributed by atoms with Crippen LogP contribution in [0.5, 0.6) is 0 Å². The number of aryl methyl sites for hydroxylation is 1. The van der Waals surface area contributed by atoms with E-state index in [0.29, 0.717) is 24.7 Å². The highest BCUT2D eigenvalue weighted by Gasteiger charge is 2.39. The predicted octanol–water partition coefficient (Wildman–Crippen LogP) is 3.03. The van der Waals surface area contributed by atoms with Crippen LogP contribution in [0.25, 0.3) is 10.8 Å². The molecule has 3 aromatic rings. The summed E-state index contributed by atoms with van der Waals surface area (Å²) >= 11 is 1.42. The maximum atomic E-state index is 12.9. The Morgan fingerprint density at radius 2 is 2.04 bits per heavy atom. The third kappa shape index (κ3) is 2.88. The number of thiazole rings is 1. The van der Waals surface area contributed by atoms with E-state index in [2.05, 4.69) is 15.2 Å². The van der Waals surface area contributed by atoms with Crippen molar-refractivity contribution < 1.29 is 12.8 Å². The third-order valence-corrected chi connectivity index (χ3v) is 7.06. The zero-order chi connectivity index (χ0) is 17.4. The maximum absolute atomic E-state index is 12.9.